The molecule has 0 unspecified atom stereocenters. The number of methoxy groups -OCH3 is 1. The summed E-state index contributed by atoms with van der Waals surface area (Å²) in [6.45, 7) is 9.46. The Labute approximate surface area is 279 Å². The molecule has 1 saturated carbocycles. The Balaban J connectivity index is 1.18. The SMILES string of the molecule is [C-]#[N+]c1ccc(COc2cccc(-c3cc(F)c(Cc4nc5ccc(C(=O)OC)cc5n4CC45CC(CN4C(C)=O)C5)cc3F)n2)c(F)c1. The maximum atomic E-state index is 15.8. The molecule has 0 N–H and O–H groups in total. The van der Waals surface area contributed by atoms with Gasteiger partial charge in [-0.05, 0) is 66.8 Å². The number of amides is 1. The number of imidazole rings is 1. The van der Waals surface area contributed by atoms with E-state index < -0.39 is 29.0 Å². The minimum absolute atomic E-state index is 0.0181. The highest BCUT2D eigenvalue weighted by molar-refractivity contribution is 5.93. The molecule has 3 aromatic carbocycles. The number of ether oxygens (including phenoxy) is 2. The molecule has 1 amide bonds. The third kappa shape index (κ3) is 5.86. The second-order valence-electron chi connectivity index (χ2n) is 12.6. The zero-order chi connectivity index (χ0) is 34.4. The van der Waals surface area contributed by atoms with E-state index in [-0.39, 0.29) is 52.9 Å². The lowest BCUT2D eigenvalue weighted by atomic mass is 9.73. The summed E-state index contributed by atoms with van der Waals surface area (Å²) in [6.07, 6.45) is 1.61. The maximum Gasteiger partial charge on any atom is 0.337 e. The van der Waals surface area contributed by atoms with Crippen LogP contribution in [-0.2, 0) is 29.1 Å². The Morgan fingerprint density at radius 3 is 2.51 bits per heavy atom. The number of carbonyl (C=O) groups is 2. The van der Waals surface area contributed by atoms with Crippen molar-refractivity contribution in [2.45, 2.75) is 44.9 Å². The summed E-state index contributed by atoms with van der Waals surface area (Å²) in [5.41, 5.74) is 1.59. The largest absolute Gasteiger partial charge is 0.473 e. The van der Waals surface area contributed by atoms with Crippen LogP contribution in [0.5, 0.6) is 5.88 Å². The number of hydrogen-bond acceptors (Lipinski definition) is 6. The lowest BCUT2D eigenvalue weighted by molar-refractivity contribution is -0.133. The monoisotopic (exact) mass is 665 g/mol. The second kappa shape index (κ2) is 12.4. The fourth-order valence-electron chi connectivity index (χ4n) is 7.13. The molecule has 0 atom stereocenters. The van der Waals surface area contributed by atoms with Gasteiger partial charge in [-0.3, -0.25) is 4.79 Å². The van der Waals surface area contributed by atoms with Gasteiger partial charge in [-0.15, -0.1) is 0 Å². The van der Waals surface area contributed by atoms with Gasteiger partial charge in [-0.1, -0.05) is 18.2 Å². The number of aromatic nitrogens is 3. The lowest BCUT2D eigenvalue weighted by Crippen LogP contribution is -2.51. The first-order valence-electron chi connectivity index (χ1n) is 15.7. The molecule has 2 bridgehead atoms. The number of benzene rings is 3. The number of fused-ring (bicyclic) bond motifs is 2. The summed E-state index contributed by atoms with van der Waals surface area (Å²) in [7, 11) is 1.30. The molecule has 12 heteroatoms. The van der Waals surface area contributed by atoms with Crippen molar-refractivity contribution in [1.29, 1.82) is 0 Å². The smallest absolute Gasteiger partial charge is 0.337 e. The molecule has 8 rings (SSSR count). The molecule has 0 spiro atoms. The average molecular weight is 666 g/mol. The Hall–Kier alpha value is -5.70. The van der Waals surface area contributed by atoms with Crippen LogP contribution in [0.15, 0.2) is 66.7 Å². The van der Waals surface area contributed by atoms with Crippen molar-refractivity contribution < 1.29 is 32.2 Å². The van der Waals surface area contributed by atoms with Crippen molar-refractivity contribution in [3.05, 3.63) is 118 Å². The molecule has 2 aliphatic heterocycles. The molecule has 4 heterocycles. The van der Waals surface area contributed by atoms with Gasteiger partial charge in [0.05, 0.1) is 41.5 Å². The first-order chi connectivity index (χ1) is 23.6. The maximum absolute atomic E-state index is 15.8. The van der Waals surface area contributed by atoms with Crippen LogP contribution in [0.25, 0.3) is 27.1 Å². The van der Waals surface area contributed by atoms with E-state index in [1.807, 2.05) is 9.47 Å². The summed E-state index contributed by atoms with van der Waals surface area (Å²) in [6, 6.07) is 15.8. The van der Waals surface area contributed by atoms with E-state index in [2.05, 4.69) is 9.83 Å². The number of hydrogen-bond donors (Lipinski definition) is 0. The van der Waals surface area contributed by atoms with Crippen LogP contribution in [0.1, 0.15) is 47.1 Å². The zero-order valence-electron chi connectivity index (χ0n) is 26.7. The fourth-order valence-corrected chi connectivity index (χ4v) is 7.13. The average Bonchev–Trinajstić information content (AvgIpc) is 3.75. The number of nitrogens with zero attached hydrogens (tertiary/aromatic N) is 5. The van der Waals surface area contributed by atoms with Crippen molar-refractivity contribution in [3.63, 3.8) is 0 Å². The second-order valence-corrected chi connectivity index (χ2v) is 12.6. The Morgan fingerprint density at radius 2 is 1.78 bits per heavy atom. The van der Waals surface area contributed by atoms with Crippen LogP contribution in [-0.4, -0.2) is 50.5 Å². The summed E-state index contributed by atoms with van der Waals surface area (Å²) < 4.78 is 58.3. The molecule has 9 nitrogen and oxygen atoms in total. The van der Waals surface area contributed by atoms with Crippen molar-refractivity contribution >= 4 is 28.6 Å². The van der Waals surface area contributed by atoms with E-state index in [1.54, 1.807) is 31.2 Å². The third-order valence-corrected chi connectivity index (χ3v) is 9.46. The zero-order valence-corrected chi connectivity index (χ0v) is 26.7. The molecule has 3 fully saturated rings. The van der Waals surface area contributed by atoms with Gasteiger partial charge < -0.3 is 18.9 Å². The van der Waals surface area contributed by atoms with Gasteiger partial charge in [0.1, 0.15) is 29.9 Å². The minimum atomic E-state index is -0.712. The first-order valence-corrected chi connectivity index (χ1v) is 15.7. The molecule has 1 aliphatic carbocycles. The molecule has 49 heavy (non-hydrogen) atoms. The standard InChI is InChI=1S/C37H30F3N5O4/c1-21(46)45-18-22-16-37(45,17-22)20-44-33-12-23(36(47)48-3)8-10-32(33)42-34(44)13-25-11-30(40)27(15-29(25)39)31-5-4-6-35(43-31)49-19-24-7-9-26(41-2)14-28(24)38/h4-12,14-15,22H,13,16-20H2,1,3H3. The Bertz CT molecular complexity index is 2190. The van der Waals surface area contributed by atoms with Crippen LogP contribution in [0.2, 0.25) is 0 Å². The number of carbonyl (C=O) groups excluding carboxylic acids is 2. The van der Waals surface area contributed by atoms with Gasteiger partial charge in [0.2, 0.25) is 11.8 Å². The van der Waals surface area contributed by atoms with Crippen molar-refractivity contribution in [2.24, 2.45) is 5.92 Å². The van der Waals surface area contributed by atoms with Crippen LogP contribution in [0, 0.1) is 29.9 Å². The number of esters is 1. The van der Waals surface area contributed by atoms with Crippen LogP contribution in [0.3, 0.4) is 0 Å². The van der Waals surface area contributed by atoms with E-state index in [1.165, 1.54) is 31.4 Å². The molecule has 3 aliphatic rings. The normalized spacial score (nSPS) is 17.9. The van der Waals surface area contributed by atoms with E-state index in [4.69, 9.17) is 21.0 Å². The highest BCUT2D eigenvalue weighted by Gasteiger charge is 2.57. The van der Waals surface area contributed by atoms with Crippen molar-refractivity contribution in [2.75, 3.05) is 13.7 Å². The third-order valence-electron chi connectivity index (χ3n) is 9.46. The number of pyridine rings is 1. The predicted molar refractivity (Wildman–Crippen MR) is 173 cm³/mol. The molecular formula is C37H30F3N5O4. The van der Waals surface area contributed by atoms with Crippen molar-refractivity contribution in [1.82, 2.24) is 19.4 Å². The molecule has 2 aromatic heterocycles. The summed E-state index contributed by atoms with van der Waals surface area (Å²) in [5, 5.41) is 0. The van der Waals surface area contributed by atoms with Crippen LogP contribution in [0.4, 0.5) is 18.9 Å². The molecule has 2 saturated heterocycles. The van der Waals surface area contributed by atoms with Gasteiger partial charge in [0.25, 0.3) is 0 Å². The highest BCUT2D eigenvalue weighted by Crippen LogP contribution is 2.52. The highest BCUT2D eigenvalue weighted by atomic mass is 19.1. The topological polar surface area (TPSA) is 90.9 Å². The first kappa shape index (κ1) is 31.9. The Kier molecular flexibility index (Phi) is 8.06. The molecule has 248 valence electrons. The van der Waals surface area contributed by atoms with Crippen molar-refractivity contribution in [3.8, 4) is 17.1 Å². The lowest BCUT2D eigenvalue weighted by Gasteiger charge is -2.42. The van der Waals surface area contributed by atoms with E-state index in [0.29, 0.717) is 41.4 Å². The molecule has 0 radical (unpaired) electrons. The summed E-state index contributed by atoms with van der Waals surface area (Å²) in [5.74, 6) is -1.55. The predicted octanol–water partition coefficient (Wildman–Crippen LogP) is 7.03. The van der Waals surface area contributed by atoms with E-state index in [9.17, 15) is 14.0 Å². The Morgan fingerprint density at radius 1 is 0.980 bits per heavy atom. The van der Waals surface area contributed by atoms with Crippen LogP contribution >= 0.6 is 0 Å². The van der Waals surface area contributed by atoms with Crippen LogP contribution < -0.4 is 4.74 Å². The number of rotatable bonds is 9. The quantitative estimate of drug-likeness (QED) is 0.124. The molecular weight excluding hydrogens is 635 g/mol. The summed E-state index contributed by atoms with van der Waals surface area (Å²) >= 11 is 0. The van der Waals surface area contributed by atoms with E-state index >= 15 is 8.78 Å². The summed E-state index contributed by atoms with van der Waals surface area (Å²) in [4.78, 5) is 39.1. The minimum Gasteiger partial charge on any atom is -0.473 e. The number of halogens is 3. The van der Waals surface area contributed by atoms with Gasteiger partial charge in [-0.25, -0.2) is 32.8 Å². The van der Waals surface area contributed by atoms with Gasteiger partial charge in [-0.2, -0.15) is 0 Å². The fraction of sp³-hybridized carbons (Fsp3) is 0.270. The van der Waals surface area contributed by atoms with Gasteiger partial charge in [0.15, 0.2) is 5.69 Å². The molecule has 5 aromatic rings. The van der Waals surface area contributed by atoms with Gasteiger partial charge in [0, 0.05) is 43.6 Å². The van der Waals surface area contributed by atoms with Gasteiger partial charge >= 0.3 is 5.97 Å². The van der Waals surface area contributed by atoms with E-state index in [0.717, 1.165) is 31.0 Å².